The van der Waals surface area contributed by atoms with Crippen molar-refractivity contribution >= 4 is 23.5 Å². The lowest BCUT2D eigenvalue weighted by Gasteiger charge is -2.39. The van der Waals surface area contributed by atoms with Crippen molar-refractivity contribution in [3.8, 4) is 5.75 Å². The lowest BCUT2D eigenvalue weighted by Crippen LogP contribution is -2.49. The van der Waals surface area contributed by atoms with E-state index in [9.17, 15) is 19.8 Å². The number of halogens is 1. The van der Waals surface area contributed by atoms with Crippen LogP contribution in [0.15, 0.2) is 18.2 Å². The van der Waals surface area contributed by atoms with E-state index in [1.807, 2.05) is 6.92 Å². The van der Waals surface area contributed by atoms with Crippen LogP contribution in [0.3, 0.4) is 0 Å². The number of carbonyl (C=O) groups is 2. The zero-order valence-electron chi connectivity index (χ0n) is 11.8. The molecule has 1 heterocycles. The summed E-state index contributed by atoms with van der Waals surface area (Å²) in [6.45, 7) is 2.57. The van der Waals surface area contributed by atoms with E-state index in [-0.39, 0.29) is 23.2 Å². The topological polar surface area (TPSA) is 77.8 Å². The van der Waals surface area contributed by atoms with Gasteiger partial charge in [-0.2, -0.15) is 0 Å². The third-order valence-corrected chi connectivity index (χ3v) is 4.49. The number of piperidine rings is 1. The second-order valence-corrected chi connectivity index (χ2v) is 5.84. The normalized spacial score (nSPS) is 22.1. The van der Waals surface area contributed by atoms with Crippen molar-refractivity contribution in [2.45, 2.75) is 26.2 Å². The third kappa shape index (κ3) is 2.97. The largest absolute Gasteiger partial charge is 0.506 e. The Bertz CT molecular complexity index is 575. The van der Waals surface area contributed by atoms with E-state index >= 15 is 0 Å². The quantitative estimate of drug-likeness (QED) is 0.899. The van der Waals surface area contributed by atoms with Gasteiger partial charge in [-0.15, -0.1) is 0 Å². The number of phenols is 1. The maximum Gasteiger partial charge on any atom is 0.311 e. The van der Waals surface area contributed by atoms with Crippen molar-refractivity contribution in [3.05, 3.63) is 28.8 Å². The summed E-state index contributed by atoms with van der Waals surface area (Å²) in [7, 11) is 0. The highest BCUT2D eigenvalue weighted by molar-refractivity contribution is 6.32. The number of benzene rings is 1. The predicted octanol–water partition coefficient (Wildman–Crippen LogP) is 2.76. The average Bonchev–Trinajstić information content (AvgIpc) is 2.49. The Kier molecular flexibility index (Phi) is 4.42. The van der Waals surface area contributed by atoms with Crippen molar-refractivity contribution in [2.75, 3.05) is 13.1 Å². The molecule has 21 heavy (non-hydrogen) atoms. The van der Waals surface area contributed by atoms with Gasteiger partial charge in [-0.05, 0) is 37.5 Å². The highest BCUT2D eigenvalue weighted by atomic mass is 35.5. The summed E-state index contributed by atoms with van der Waals surface area (Å²) in [6.07, 6.45) is 1.74. The molecule has 2 rings (SSSR count). The molecule has 1 aromatic rings. The standard InChI is InChI=1S/C15H18ClNO4/c1-2-15(14(20)21)6-3-7-17(9-15)13(19)10-4-5-12(18)11(16)8-10/h4-5,8,18H,2-3,6-7,9H2,1H3,(H,20,21)/t15-/m0/s1. The first-order valence-electron chi connectivity index (χ1n) is 6.91. The lowest BCUT2D eigenvalue weighted by atomic mass is 9.77. The fraction of sp³-hybridized carbons (Fsp3) is 0.467. The van der Waals surface area contributed by atoms with Crippen molar-refractivity contribution in [1.29, 1.82) is 0 Å². The van der Waals surface area contributed by atoms with Gasteiger partial charge in [-0.1, -0.05) is 18.5 Å². The Hall–Kier alpha value is -1.75. The minimum absolute atomic E-state index is 0.0831. The van der Waals surface area contributed by atoms with Crippen molar-refractivity contribution in [3.63, 3.8) is 0 Å². The molecule has 0 unspecified atom stereocenters. The number of hydrogen-bond acceptors (Lipinski definition) is 3. The maximum atomic E-state index is 12.5. The molecule has 6 heteroatoms. The number of aliphatic carboxylic acids is 1. The Morgan fingerprint density at radius 3 is 2.71 bits per heavy atom. The van der Waals surface area contributed by atoms with E-state index in [2.05, 4.69) is 0 Å². The van der Waals surface area contributed by atoms with Gasteiger partial charge < -0.3 is 15.1 Å². The summed E-state index contributed by atoms with van der Waals surface area (Å²) < 4.78 is 0. The summed E-state index contributed by atoms with van der Waals surface area (Å²) in [4.78, 5) is 25.6. The molecule has 0 saturated carbocycles. The predicted molar refractivity (Wildman–Crippen MR) is 78.6 cm³/mol. The Balaban J connectivity index is 2.22. The van der Waals surface area contributed by atoms with Crippen molar-refractivity contribution < 1.29 is 19.8 Å². The molecule has 0 aliphatic carbocycles. The minimum Gasteiger partial charge on any atom is -0.506 e. The molecular formula is C15H18ClNO4. The molecule has 0 aromatic heterocycles. The summed E-state index contributed by atoms with van der Waals surface area (Å²) in [5.74, 6) is -1.19. The smallest absolute Gasteiger partial charge is 0.311 e. The first kappa shape index (κ1) is 15.6. The summed E-state index contributed by atoms with van der Waals surface area (Å²) in [6, 6.07) is 4.26. The van der Waals surface area contributed by atoms with Gasteiger partial charge in [0, 0.05) is 18.7 Å². The monoisotopic (exact) mass is 311 g/mol. The van der Waals surface area contributed by atoms with Crippen LogP contribution in [0.4, 0.5) is 0 Å². The minimum atomic E-state index is -0.866. The third-order valence-electron chi connectivity index (χ3n) is 4.19. The van der Waals surface area contributed by atoms with Crippen LogP contribution < -0.4 is 0 Å². The summed E-state index contributed by atoms with van der Waals surface area (Å²) in [5, 5.41) is 19.0. The Morgan fingerprint density at radius 2 is 2.14 bits per heavy atom. The molecule has 1 amide bonds. The second kappa shape index (κ2) is 5.93. The van der Waals surface area contributed by atoms with Crippen molar-refractivity contribution in [2.24, 2.45) is 5.41 Å². The van der Waals surface area contributed by atoms with Gasteiger partial charge in [0.1, 0.15) is 5.75 Å². The van der Waals surface area contributed by atoms with Gasteiger partial charge in [-0.3, -0.25) is 9.59 Å². The van der Waals surface area contributed by atoms with Crippen LogP contribution >= 0.6 is 11.6 Å². The number of rotatable bonds is 3. The fourth-order valence-corrected chi connectivity index (χ4v) is 2.92. The highest BCUT2D eigenvalue weighted by Crippen LogP contribution is 2.34. The van der Waals surface area contributed by atoms with Gasteiger partial charge in [0.25, 0.3) is 5.91 Å². The van der Waals surface area contributed by atoms with Gasteiger partial charge in [-0.25, -0.2) is 0 Å². The maximum absolute atomic E-state index is 12.5. The van der Waals surface area contributed by atoms with Gasteiger partial charge in [0.05, 0.1) is 10.4 Å². The molecule has 1 atom stereocenters. The molecule has 5 nitrogen and oxygen atoms in total. The van der Waals surface area contributed by atoms with E-state index in [4.69, 9.17) is 11.6 Å². The van der Waals surface area contributed by atoms with Crippen LogP contribution in [0.5, 0.6) is 5.75 Å². The molecular weight excluding hydrogens is 294 g/mol. The molecule has 2 N–H and O–H groups in total. The van der Waals surface area contributed by atoms with Gasteiger partial charge >= 0.3 is 5.97 Å². The number of likely N-dealkylation sites (tertiary alicyclic amines) is 1. The first-order valence-corrected chi connectivity index (χ1v) is 7.28. The first-order chi connectivity index (χ1) is 9.89. The Labute approximate surface area is 128 Å². The number of nitrogens with zero attached hydrogens (tertiary/aromatic N) is 1. The van der Waals surface area contributed by atoms with Crippen LogP contribution in [-0.2, 0) is 4.79 Å². The number of carbonyl (C=O) groups excluding carboxylic acids is 1. The number of amides is 1. The lowest BCUT2D eigenvalue weighted by molar-refractivity contribution is -0.152. The van der Waals surface area contributed by atoms with Crippen LogP contribution in [-0.4, -0.2) is 40.1 Å². The van der Waals surface area contributed by atoms with E-state index in [1.54, 1.807) is 4.90 Å². The molecule has 114 valence electrons. The zero-order chi connectivity index (χ0) is 15.6. The molecule has 1 saturated heterocycles. The van der Waals surface area contributed by atoms with Gasteiger partial charge in [0.15, 0.2) is 0 Å². The summed E-state index contributed by atoms with van der Waals surface area (Å²) in [5.41, 5.74) is -0.510. The molecule has 1 aliphatic rings. The van der Waals surface area contributed by atoms with Crippen LogP contribution in [0.1, 0.15) is 36.5 Å². The van der Waals surface area contributed by atoms with Crippen LogP contribution in [0.2, 0.25) is 5.02 Å². The molecule has 1 aromatic carbocycles. The highest BCUT2D eigenvalue weighted by Gasteiger charge is 2.42. The molecule has 1 fully saturated rings. The number of aromatic hydroxyl groups is 1. The molecule has 0 spiro atoms. The average molecular weight is 312 g/mol. The summed E-state index contributed by atoms with van der Waals surface area (Å²) >= 11 is 5.82. The van der Waals surface area contributed by atoms with E-state index in [1.165, 1.54) is 18.2 Å². The second-order valence-electron chi connectivity index (χ2n) is 5.44. The number of hydrogen-bond donors (Lipinski definition) is 2. The molecule has 0 radical (unpaired) electrons. The van der Waals surface area contributed by atoms with E-state index in [0.29, 0.717) is 31.4 Å². The van der Waals surface area contributed by atoms with Gasteiger partial charge in [0.2, 0.25) is 0 Å². The van der Waals surface area contributed by atoms with Crippen LogP contribution in [0, 0.1) is 5.41 Å². The fourth-order valence-electron chi connectivity index (χ4n) is 2.74. The number of carboxylic acids is 1. The van der Waals surface area contributed by atoms with E-state index < -0.39 is 11.4 Å². The van der Waals surface area contributed by atoms with E-state index in [0.717, 1.165) is 0 Å². The Morgan fingerprint density at radius 1 is 1.43 bits per heavy atom. The zero-order valence-corrected chi connectivity index (χ0v) is 12.6. The SMILES string of the molecule is CC[C@]1(C(=O)O)CCCN(C(=O)c2ccc(O)c(Cl)c2)C1. The molecule has 0 bridgehead atoms. The number of phenolic OH excluding ortho intramolecular Hbond substituents is 1. The molecule has 1 aliphatic heterocycles. The van der Waals surface area contributed by atoms with Crippen LogP contribution in [0.25, 0.3) is 0 Å². The number of carboxylic acid groups (broad SMARTS) is 1. The van der Waals surface area contributed by atoms with Crippen molar-refractivity contribution in [1.82, 2.24) is 4.90 Å².